The van der Waals surface area contributed by atoms with E-state index in [-0.39, 0.29) is 35.6 Å². The summed E-state index contributed by atoms with van der Waals surface area (Å²) in [4.78, 5) is 27.1. The number of alkyl halides is 1. The number of nitrogens with zero attached hydrogens (tertiary/aromatic N) is 1. The van der Waals surface area contributed by atoms with Gasteiger partial charge in [-0.3, -0.25) is 9.59 Å². The van der Waals surface area contributed by atoms with Gasteiger partial charge in [0.05, 0.1) is 12.1 Å². The fraction of sp³-hybridized carbons (Fsp3) is 0.300. The quantitative estimate of drug-likeness (QED) is 0.787. The standard InChI is InChI=1S/C20H20ClNO2/c1-14-18(23)12-17(15-8-4-2-5-9-15)22(19(24)13-21)20(14)16-10-6-3-7-11-16/h2-11,14,17,20H,12-13H2,1H3/t14-,17+,20-/m0/s1. The molecular weight excluding hydrogens is 322 g/mol. The van der Waals surface area contributed by atoms with Crippen LogP contribution in [0.5, 0.6) is 0 Å². The van der Waals surface area contributed by atoms with E-state index in [0.29, 0.717) is 6.42 Å². The third-order valence-corrected chi connectivity index (χ3v) is 4.97. The second-order valence-corrected chi connectivity index (χ2v) is 6.44. The molecule has 1 fully saturated rings. The lowest BCUT2D eigenvalue weighted by molar-refractivity contribution is -0.144. The first-order chi connectivity index (χ1) is 11.6. The summed E-state index contributed by atoms with van der Waals surface area (Å²) < 4.78 is 0. The number of hydrogen-bond acceptors (Lipinski definition) is 2. The lowest BCUT2D eigenvalue weighted by Crippen LogP contribution is -2.48. The van der Waals surface area contributed by atoms with Crippen molar-refractivity contribution in [3.63, 3.8) is 0 Å². The number of likely N-dealkylation sites (tertiary alicyclic amines) is 1. The number of carbonyl (C=O) groups is 2. The van der Waals surface area contributed by atoms with Crippen molar-refractivity contribution in [3.05, 3.63) is 71.8 Å². The zero-order valence-electron chi connectivity index (χ0n) is 13.6. The van der Waals surface area contributed by atoms with E-state index in [9.17, 15) is 9.59 Å². The molecule has 2 aromatic carbocycles. The van der Waals surface area contributed by atoms with Gasteiger partial charge in [-0.05, 0) is 11.1 Å². The average molecular weight is 342 g/mol. The van der Waals surface area contributed by atoms with Gasteiger partial charge < -0.3 is 4.90 Å². The smallest absolute Gasteiger partial charge is 0.238 e. The Morgan fingerprint density at radius 1 is 1.04 bits per heavy atom. The van der Waals surface area contributed by atoms with Crippen molar-refractivity contribution in [2.24, 2.45) is 5.92 Å². The minimum atomic E-state index is -0.288. The van der Waals surface area contributed by atoms with Crippen molar-refractivity contribution in [3.8, 4) is 0 Å². The number of hydrogen-bond donors (Lipinski definition) is 0. The van der Waals surface area contributed by atoms with Crippen LogP contribution in [-0.2, 0) is 9.59 Å². The largest absolute Gasteiger partial charge is 0.326 e. The molecule has 0 unspecified atom stereocenters. The third kappa shape index (κ3) is 3.09. The lowest BCUT2D eigenvalue weighted by Gasteiger charge is -2.45. The maximum atomic E-state index is 12.7. The Kier molecular flexibility index (Phi) is 5.00. The molecule has 24 heavy (non-hydrogen) atoms. The molecule has 0 spiro atoms. The molecule has 0 saturated carbocycles. The molecule has 2 aromatic rings. The summed E-state index contributed by atoms with van der Waals surface area (Å²) in [5.41, 5.74) is 1.94. The van der Waals surface area contributed by atoms with Crippen molar-refractivity contribution in [2.45, 2.75) is 25.4 Å². The highest BCUT2D eigenvalue weighted by atomic mass is 35.5. The highest BCUT2D eigenvalue weighted by Crippen LogP contribution is 2.43. The van der Waals surface area contributed by atoms with Gasteiger partial charge in [-0.15, -0.1) is 11.6 Å². The van der Waals surface area contributed by atoms with Crippen LogP contribution in [0.4, 0.5) is 0 Å². The Morgan fingerprint density at radius 2 is 1.58 bits per heavy atom. The molecule has 3 rings (SSSR count). The minimum Gasteiger partial charge on any atom is -0.326 e. The van der Waals surface area contributed by atoms with Crippen LogP contribution in [0.25, 0.3) is 0 Å². The van der Waals surface area contributed by atoms with E-state index in [1.807, 2.05) is 72.5 Å². The van der Waals surface area contributed by atoms with Crippen molar-refractivity contribution < 1.29 is 9.59 Å². The van der Waals surface area contributed by atoms with Crippen LogP contribution >= 0.6 is 11.6 Å². The van der Waals surface area contributed by atoms with Gasteiger partial charge in [0.2, 0.25) is 5.91 Å². The zero-order chi connectivity index (χ0) is 17.1. The highest BCUT2D eigenvalue weighted by Gasteiger charge is 2.43. The molecule has 0 aromatic heterocycles. The molecule has 0 radical (unpaired) electrons. The van der Waals surface area contributed by atoms with Crippen LogP contribution in [-0.4, -0.2) is 22.5 Å². The molecule has 1 amide bonds. The zero-order valence-corrected chi connectivity index (χ0v) is 14.3. The van der Waals surface area contributed by atoms with E-state index in [1.54, 1.807) is 0 Å². The average Bonchev–Trinajstić information content (AvgIpc) is 2.64. The molecule has 1 heterocycles. The molecular formula is C20H20ClNO2. The van der Waals surface area contributed by atoms with Crippen molar-refractivity contribution in [1.82, 2.24) is 4.90 Å². The molecule has 1 aliphatic heterocycles. The number of benzene rings is 2. The number of Topliss-reactive ketones (excluding diaryl/α,β-unsaturated/α-hetero) is 1. The van der Waals surface area contributed by atoms with E-state index >= 15 is 0 Å². The van der Waals surface area contributed by atoms with E-state index < -0.39 is 0 Å². The lowest BCUT2D eigenvalue weighted by atomic mass is 9.80. The second-order valence-electron chi connectivity index (χ2n) is 6.18. The fourth-order valence-corrected chi connectivity index (χ4v) is 3.67. The second kappa shape index (κ2) is 7.18. The van der Waals surface area contributed by atoms with Crippen molar-refractivity contribution >= 4 is 23.3 Å². The summed E-state index contributed by atoms with van der Waals surface area (Å²) in [7, 11) is 0. The molecule has 1 saturated heterocycles. The van der Waals surface area contributed by atoms with Gasteiger partial charge in [0, 0.05) is 12.3 Å². The summed E-state index contributed by atoms with van der Waals surface area (Å²) in [6.07, 6.45) is 0.330. The van der Waals surface area contributed by atoms with Gasteiger partial charge in [0.25, 0.3) is 0 Å². The maximum absolute atomic E-state index is 12.7. The van der Waals surface area contributed by atoms with Crippen LogP contribution < -0.4 is 0 Å². The Labute approximate surface area is 147 Å². The first-order valence-corrected chi connectivity index (χ1v) is 8.66. The van der Waals surface area contributed by atoms with Crippen molar-refractivity contribution in [2.75, 3.05) is 5.88 Å². The van der Waals surface area contributed by atoms with E-state index in [0.717, 1.165) is 11.1 Å². The van der Waals surface area contributed by atoms with Crippen LogP contribution in [0.1, 0.15) is 36.6 Å². The van der Waals surface area contributed by atoms with Gasteiger partial charge >= 0.3 is 0 Å². The minimum absolute atomic E-state index is 0.0897. The van der Waals surface area contributed by atoms with E-state index in [4.69, 9.17) is 11.6 Å². The number of halogens is 1. The molecule has 3 nitrogen and oxygen atoms in total. The Balaban J connectivity index is 2.09. The van der Waals surface area contributed by atoms with Gasteiger partial charge in [-0.1, -0.05) is 67.6 Å². The van der Waals surface area contributed by atoms with Gasteiger partial charge in [0.1, 0.15) is 11.7 Å². The number of ketones is 1. The normalized spacial score (nSPS) is 24.0. The fourth-order valence-electron chi connectivity index (χ4n) is 3.54. The van der Waals surface area contributed by atoms with Crippen LogP contribution in [0.3, 0.4) is 0 Å². The van der Waals surface area contributed by atoms with Gasteiger partial charge in [0.15, 0.2) is 0 Å². The predicted molar refractivity (Wildman–Crippen MR) is 94.7 cm³/mol. The molecule has 0 bridgehead atoms. The Bertz CT molecular complexity index is 717. The van der Waals surface area contributed by atoms with Crippen molar-refractivity contribution in [1.29, 1.82) is 0 Å². The molecule has 1 aliphatic rings. The number of amides is 1. The topological polar surface area (TPSA) is 37.4 Å². The molecule has 3 atom stereocenters. The number of carbonyl (C=O) groups excluding carboxylic acids is 2. The number of piperidine rings is 1. The molecule has 4 heteroatoms. The van der Waals surface area contributed by atoms with Gasteiger partial charge in [-0.25, -0.2) is 0 Å². The summed E-state index contributed by atoms with van der Waals surface area (Å²) >= 11 is 5.90. The monoisotopic (exact) mass is 341 g/mol. The molecule has 0 aliphatic carbocycles. The third-order valence-electron chi connectivity index (χ3n) is 4.74. The molecule has 0 N–H and O–H groups in total. The highest BCUT2D eigenvalue weighted by molar-refractivity contribution is 6.27. The Morgan fingerprint density at radius 3 is 2.12 bits per heavy atom. The SMILES string of the molecule is C[C@H]1C(=O)C[C@H](c2ccccc2)N(C(=O)CCl)[C@@H]1c1ccccc1. The Hall–Kier alpha value is -2.13. The summed E-state index contributed by atoms with van der Waals surface area (Å²) in [5, 5.41) is 0. The first kappa shape index (κ1) is 16.7. The summed E-state index contributed by atoms with van der Waals surface area (Å²) in [6.45, 7) is 1.90. The van der Waals surface area contributed by atoms with E-state index in [1.165, 1.54) is 0 Å². The van der Waals surface area contributed by atoms with Crippen LogP contribution in [0.2, 0.25) is 0 Å². The van der Waals surface area contributed by atoms with Crippen LogP contribution in [0, 0.1) is 5.92 Å². The summed E-state index contributed by atoms with van der Waals surface area (Å²) in [6, 6.07) is 18.9. The first-order valence-electron chi connectivity index (χ1n) is 8.13. The van der Waals surface area contributed by atoms with E-state index in [2.05, 4.69) is 0 Å². The molecule has 124 valence electrons. The van der Waals surface area contributed by atoms with Crippen LogP contribution in [0.15, 0.2) is 60.7 Å². The number of rotatable bonds is 3. The maximum Gasteiger partial charge on any atom is 0.238 e. The predicted octanol–water partition coefficient (Wildman–Crippen LogP) is 4.15. The van der Waals surface area contributed by atoms with Gasteiger partial charge in [-0.2, -0.15) is 0 Å². The summed E-state index contributed by atoms with van der Waals surface area (Å²) in [5.74, 6) is -0.303.